The molecule has 0 aliphatic rings. The first-order valence-corrected chi connectivity index (χ1v) is 5.11. The van der Waals surface area contributed by atoms with Gasteiger partial charge in [-0.05, 0) is 27.2 Å². The maximum Gasteiger partial charge on any atom is 0.331 e. The Morgan fingerprint density at radius 3 is 2.20 bits per heavy atom. The van der Waals surface area contributed by atoms with Crippen LogP contribution in [0.1, 0.15) is 40.5 Å². The average molecular weight is 213 g/mol. The maximum absolute atomic E-state index is 11.5. The lowest BCUT2D eigenvalue weighted by Crippen LogP contribution is -2.33. The third-order valence-electron chi connectivity index (χ3n) is 2.32. The fraction of sp³-hybridized carbons (Fsp3) is 0.636. The van der Waals surface area contributed by atoms with Gasteiger partial charge in [-0.2, -0.15) is 0 Å². The van der Waals surface area contributed by atoms with Gasteiger partial charge in [0, 0.05) is 17.2 Å². The Kier molecular flexibility index (Phi) is 5.67. The molecule has 0 heterocycles. The largest absolute Gasteiger partial charge is 0.478 e. The molecule has 4 heteroatoms. The van der Waals surface area contributed by atoms with E-state index in [1.54, 1.807) is 0 Å². The van der Waals surface area contributed by atoms with Gasteiger partial charge in [0.1, 0.15) is 0 Å². The van der Waals surface area contributed by atoms with Crippen LogP contribution >= 0.6 is 0 Å². The molecule has 0 aromatic carbocycles. The summed E-state index contributed by atoms with van der Waals surface area (Å²) in [4.78, 5) is 22.2. The Balaban J connectivity index is 4.46. The second-order valence-corrected chi connectivity index (χ2v) is 3.72. The Morgan fingerprint density at radius 1 is 1.27 bits per heavy atom. The Hall–Kier alpha value is -1.32. The highest BCUT2D eigenvalue weighted by atomic mass is 16.4. The highest BCUT2D eigenvalue weighted by molar-refractivity contribution is 6.01. The lowest BCUT2D eigenvalue weighted by Gasteiger charge is -2.13. The second-order valence-electron chi connectivity index (χ2n) is 3.72. The Morgan fingerprint density at radius 2 is 1.80 bits per heavy atom. The van der Waals surface area contributed by atoms with Crippen molar-refractivity contribution in [3.63, 3.8) is 0 Å². The van der Waals surface area contributed by atoms with Crippen LogP contribution in [-0.2, 0) is 9.59 Å². The SMILES string of the molecule is CCCC(C)NC(=O)C(C)=C(C)C(=O)O. The van der Waals surface area contributed by atoms with Gasteiger partial charge in [0.25, 0.3) is 0 Å². The summed E-state index contributed by atoms with van der Waals surface area (Å²) in [6.45, 7) is 6.90. The summed E-state index contributed by atoms with van der Waals surface area (Å²) in [5.41, 5.74) is 0.363. The fourth-order valence-electron chi connectivity index (χ4n) is 1.17. The highest BCUT2D eigenvalue weighted by Crippen LogP contribution is 2.05. The van der Waals surface area contributed by atoms with E-state index in [4.69, 9.17) is 5.11 Å². The number of carboxylic acid groups (broad SMARTS) is 1. The van der Waals surface area contributed by atoms with Gasteiger partial charge in [-0.25, -0.2) is 4.79 Å². The third kappa shape index (κ3) is 4.63. The number of hydrogen-bond donors (Lipinski definition) is 2. The Bertz CT molecular complexity index is 282. The van der Waals surface area contributed by atoms with Crippen LogP contribution in [0.2, 0.25) is 0 Å². The van der Waals surface area contributed by atoms with Crippen LogP contribution in [0, 0.1) is 0 Å². The second kappa shape index (κ2) is 6.22. The van der Waals surface area contributed by atoms with Crippen molar-refractivity contribution in [3.05, 3.63) is 11.1 Å². The average Bonchev–Trinajstić information content (AvgIpc) is 2.15. The summed E-state index contributed by atoms with van der Waals surface area (Å²) >= 11 is 0. The maximum atomic E-state index is 11.5. The van der Waals surface area contributed by atoms with E-state index >= 15 is 0 Å². The molecule has 1 unspecified atom stereocenters. The van der Waals surface area contributed by atoms with E-state index < -0.39 is 5.97 Å². The van der Waals surface area contributed by atoms with Crippen molar-refractivity contribution < 1.29 is 14.7 Å². The molecule has 0 aliphatic heterocycles. The number of carbonyl (C=O) groups is 2. The van der Waals surface area contributed by atoms with E-state index in [0.29, 0.717) is 0 Å². The summed E-state index contributed by atoms with van der Waals surface area (Å²) in [6, 6.07) is 0.0824. The molecule has 1 amide bonds. The fourth-order valence-corrected chi connectivity index (χ4v) is 1.17. The quantitative estimate of drug-likeness (QED) is 0.683. The normalized spacial score (nSPS) is 14.1. The number of carbonyl (C=O) groups excluding carboxylic acids is 1. The third-order valence-corrected chi connectivity index (χ3v) is 2.32. The minimum absolute atomic E-state index is 0.0824. The van der Waals surface area contributed by atoms with Gasteiger partial charge in [-0.3, -0.25) is 4.79 Å². The molecule has 4 nitrogen and oxygen atoms in total. The van der Waals surface area contributed by atoms with E-state index in [1.165, 1.54) is 13.8 Å². The predicted molar refractivity (Wildman–Crippen MR) is 58.5 cm³/mol. The van der Waals surface area contributed by atoms with E-state index in [2.05, 4.69) is 5.32 Å². The van der Waals surface area contributed by atoms with Crippen LogP contribution < -0.4 is 5.32 Å². The molecule has 0 aromatic heterocycles. The molecule has 0 aromatic rings. The van der Waals surface area contributed by atoms with Crippen molar-refractivity contribution in [1.29, 1.82) is 0 Å². The standard InChI is InChI=1S/C11H19NO3/c1-5-6-7(2)12-10(13)8(3)9(4)11(14)15/h7H,5-6H2,1-4H3,(H,12,13)(H,14,15). The van der Waals surface area contributed by atoms with E-state index in [1.807, 2.05) is 13.8 Å². The van der Waals surface area contributed by atoms with Crippen molar-refractivity contribution in [3.8, 4) is 0 Å². The number of amides is 1. The zero-order valence-corrected chi connectivity index (χ0v) is 9.76. The van der Waals surface area contributed by atoms with E-state index in [0.717, 1.165) is 12.8 Å². The number of rotatable bonds is 5. The Labute approximate surface area is 90.4 Å². The lowest BCUT2D eigenvalue weighted by molar-refractivity contribution is -0.133. The van der Waals surface area contributed by atoms with Crippen LogP contribution in [-0.4, -0.2) is 23.0 Å². The molecule has 0 spiro atoms. The van der Waals surface area contributed by atoms with Gasteiger partial charge < -0.3 is 10.4 Å². The predicted octanol–water partition coefficient (Wildman–Crippen LogP) is 1.71. The lowest BCUT2D eigenvalue weighted by atomic mass is 10.1. The summed E-state index contributed by atoms with van der Waals surface area (Å²) in [5.74, 6) is -1.35. The molecule has 2 N–H and O–H groups in total. The number of carboxylic acids is 1. The van der Waals surface area contributed by atoms with Gasteiger partial charge in [-0.15, -0.1) is 0 Å². The monoisotopic (exact) mass is 213 g/mol. The van der Waals surface area contributed by atoms with E-state index in [9.17, 15) is 9.59 Å². The number of aliphatic carboxylic acids is 1. The summed E-state index contributed by atoms with van der Waals surface area (Å²) in [7, 11) is 0. The van der Waals surface area contributed by atoms with Crippen molar-refractivity contribution >= 4 is 11.9 Å². The van der Waals surface area contributed by atoms with Crippen LogP contribution in [0.25, 0.3) is 0 Å². The zero-order chi connectivity index (χ0) is 12.0. The van der Waals surface area contributed by atoms with Gasteiger partial charge in [0.15, 0.2) is 0 Å². The molecule has 0 fully saturated rings. The molecular weight excluding hydrogens is 194 g/mol. The number of hydrogen-bond acceptors (Lipinski definition) is 2. The summed E-state index contributed by atoms with van der Waals surface area (Å²) in [6.07, 6.45) is 1.88. The molecule has 0 saturated carbocycles. The molecule has 0 aliphatic carbocycles. The minimum atomic E-state index is -1.05. The van der Waals surface area contributed by atoms with Gasteiger partial charge in [0.05, 0.1) is 0 Å². The van der Waals surface area contributed by atoms with Crippen molar-refractivity contribution in [1.82, 2.24) is 5.32 Å². The van der Waals surface area contributed by atoms with Crippen molar-refractivity contribution in [2.75, 3.05) is 0 Å². The van der Waals surface area contributed by atoms with Gasteiger partial charge >= 0.3 is 5.97 Å². The highest BCUT2D eigenvalue weighted by Gasteiger charge is 2.13. The van der Waals surface area contributed by atoms with Crippen LogP contribution in [0.4, 0.5) is 0 Å². The van der Waals surface area contributed by atoms with Crippen LogP contribution in [0.3, 0.4) is 0 Å². The first kappa shape index (κ1) is 13.7. The smallest absolute Gasteiger partial charge is 0.331 e. The topological polar surface area (TPSA) is 66.4 Å². The molecule has 0 radical (unpaired) electrons. The molecule has 0 bridgehead atoms. The van der Waals surface area contributed by atoms with Crippen LogP contribution in [0.15, 0.2) is 11.1 Å². The van der Waals surface area contributed by atoms with Crippen molar-refractivity contribution in [2.24, 2.45) is 0 Å². The van der Waals surface area contributed by atoms with Crippen LogP contribution in [0.5, 0.6) is 0 Å². The minimum Gasteiger partial charge on any atom is -0.478 e. The molecule has 15 heavy (non-hydrogen) atoms. The molecule has 1 atom stereocenters. The van der Waals surface area contributed by atoms with E-state index in [-0.39, 0.29) is 23.1 Å². The molecule has 0 saturated heterocycles. The molecular formula is C11H19NO3. The first-order chi connectivity index (χ1) is 6.90. The first-order valence-electron chi connectivity index (χ1n) is 5.11. The summed E-state index contributed by atoms with van der Waals surface area (Å²) in [5, 5.41) is 11.5. The van der Waals surface area contributed by atoms with Gasteiger partial charge in [0.2, 0.25) is 5.91 Å². The molecule has 86 valence electrons. The zero-order valence-electron chi connectivity index (χ0n) is 9.76. The number of nitrogens with one attached hydrogen (secondary N) is 1. The van der Waals surface area contributed by atoms with Crippen molar-refractivity contribution in [2.45, 2.75) is 46.6 Å². The summed E-state index contributed by atoms with van der Waals surface area (Å²) < 4.78 is 0. The van der Waals surface area contributed by atoms with Gasteiger partial charge in [-0.1, -0.05) is 13.3 Å². The molecule has 0 rings (SSSR count).